The van der Waals surface area contributed by atoms with Crippen molar-refractivity contribution in [3.8, 4) is 23.0 Å². The lowest BCUT2D eigenvalue weighted by atomic mass is 9.76. The fourth-order valence-electron chi connectivity index (χ4n) is 4.46. The largest absolute Gasteiger partial charge is 0.508 e. The summed E-state index contributed by atoms with van der Waals surface area (Å²) in [5.74, 6) is 0.0380. The minimum atomic E-state index is -1.23. The molecule has 0 radical (unpaired) electrons. The number of ether oxygens (including phenoxy) is 3. The zero-order valence-electron chi connectivity index (χ0n) is 15.3. The molecule has 1 N–H and O–H groups in total. The molecular weight excluding hydrogens is 372 g/mol. The Morgan fingerprint density at radius 2 is 1.66 bits per heavy atom. The van der Waals surface area contributed by atoms with Crippen LogP contribution in [0.3, 0.4) is 0 Å². The van der Waals surface area contributed by atoms with Gasteiger partial charge in [0.1, 0.15) is 23.0 Å². The number of hydrogen-bond acceptors (Lipinski definition) is 6. The minimum absolute atomic E-state index is 0.0289. The highest BCUT2D eigenvalue weighted by Crippen LogP contribution is 2.58. The van der Waals surface area contributed by atoms with Crippen molar-refractivity contribution in [2.45, 2.75) is 18.4 Å². The molecule has 6 rings (SSSR count). The van der Waals surface area contributed by atoms with Gasteiger partial charge >= 0.3 is 11.9 Å². The van der Waals surface area contributed by atoms with Crippen molar-refractivity contribution in [3.05, 3.63) is 82.4 Å². The van der Waals surface area contributed by atoms with Crippen molar-refractivity contribution in [1.29, 1.82) is 0 Å². The standard InChI is InChI=1S/C23H14O6/c1-11-14-9-17-20(10-18(14)28-21(11)25)27-19-8-12(24)6-7-16(19)23(17)15-5-3-2-4-13(15)22(26)29-23/h2-11,24H,1H3. The zero-order valence-corrected chi connectivity index (χ0v) is 15.3. The number of carbonyl (C=O) groups is 2. The van der Waals surface area contributed by atoms with E-state index in [-0.39, 0.29) is 11.7 Å². The second-order valence-corrected chi connectivity index (χ2v) is 7.43. The highest BCUT2D eigenvalue weighted by Gasteiger charge is 2.54. The number of benzene rings is 3. The van der Waals surface area contributed by atoms with E-state index in [0.717, 1.165) is 5.56 Å². The molecular formula is C23H14O6. The monoisotopic (exact) mass is 386 g/mol. The molecule has 2 unspecified atom stereocenters. The number of hydrogen-bond donors (Lipinski definition) is 1. The van der Waals surface area contributed by atoms with Crippen molar-refractivity contribution in [1.82, 2.24) is 0 Å². The third-order valence-corrected chi connectivity index (χ3v) is 5.86. The van der Waals surface area contributed by atoms with Crippen molar-refractivity contribution < 1.29 is 28.9 Å². The maximum Gasteiger partial charge on any atom is 0.340 e. The van der Waals surface area contributed by atoms with E-state index >= 15 is 0 Å². The smallest absolute Gasteiger partial charge is 0.340 e. The molecule has 0 saturated carbocycles. The van der Waals surface area contributed by atoms with Crippen molar-refractivity contribution in [2.75, 3.05) is 0 Å². The molecule has 6 nitrogen and oxygen atoms in total. The summed E-state index contributed by atoms with van der Waals surface area (Å²) in [6.45, 7) is 1.78. The number of carbonyl (C=O) groups excluding carboxylic acids is 2. The van der Waals surface area contributed by atoms with Crippen LogP contribution in [0.2, 0.25) is 0 Å². The van der Waals surface area contributed by atoms with E-state index in [1.165, 1.54) is 12.1 Å². The quantitative estimate of drug-likeness (QED) is 0.465. The van der Waals surface area contributed by atoms with Crippen LogP contribution < -0.4 is 9.47 Å². The van der Waals surface area contributed by atoms with Gasteiger partial charge in [0.15, 0.2) is 5.60 Å². The fourth-order valence-corrected chi connectivity index (χ4v) is 4.46. The first-order valence-corrected chi connectivity index (χ1v) is 9.23. The van der Waals surface area contributed by atoms with Crippen molar-refractivity contribution in [3.63, 3.8) is 0 Å². The average Bonchev–Trinajstić information content (AvgIpc) is 3.15. The maximum atomic E-state index is 12.8. The number of aromatic hydroxyl groups is 1. The molecule has 0 aliphatic carbocycles. The molecule has 0 bridgehead atoms. The van der Waals surface area contributed by atoms with E-state index in [4.69, 9.17) is 14.2 Å². The van der Waals surface area contributed by atoms with Crippen LogP contribution in [-0.2, 0) is 15.1 Å². The lowest BCUT2D eigenvalue weighted by Gasteiger charge is -2.36. The lowest BCUT2D eigenvalue weighted by Crippen LogP contribution is -2.33. The molecule has 0 aromatic heterocycles. The summed E-state index contributed by atoms with van der Waals surface area (Å²) in [6, 6.07) is 15.4. The summed E-state index contributed by atoms with van der Waals surface area (Å²) in [5, 5.41) is 9.98. The Kier molecular flexibility index (Phi) is 2.88. The van der Waals surface area contributed by atoms with Gasteiger partial charge in [-0.05, 0) is 31.2 Å². The van der Waals surface area contributed by atoms with E-state index < -0.39 is 17.5 Å². The molecule has 6 heteroatoms. The van der Waals surface area contributed by atoms with E-state index in [1.54, 1.807) is 31.2 Å². The normalized spacial score (nSPS) is 22.9. The van der Waals surface area contributed by atoms with Crippen LogP contribution >= 0.6 is 0 Å². The highest BCUT2D eigenvalue weighted by molar-refractivity contribution is 5.97. The SMILES string of the molecule is CC1C(=O)Oc2cc3c(cc21)C1(OC(=O)c2ccccc21)c1ccc(O)cc1O3. The molecule has 3 aliphatic heterocycles. The molecule has 3 heterocycles. The lowest BCUT2D eigenvalue weighted by molar-refractivity contribution is -0.133. The Balaban J connectivity index is 1.72. The third kappa shape index (κ3) is 1.90. The average molecular weight is 386 g/mol. The number of rotatable bonds is 0. The van der Waals surface area contributed by atoms with Gasteiger partial charge in [0.2, 0.25) is 0 Å². The zero-order chi connectivity index (χ0) is 19.9. The van der Waals surface area contributed by atoms with Crippen LogP contribution in [0.25, 0.3) is 0 Å². The number of fused-ring (bicyclic) bond motifs is 7. The summed E-state index contributed by atoms with van der Waals surface area (Å²) < 4.78 is 17.5. The van der Waals surface area contributed by atoms with Gasteiger partial charge in [0.05, 0.1) is 11.5 Å². The summed E-state index contributed by atoms with van der Waals surface area (Å²) >= 11 is 0. The summed E-state index contributed by atoms with van der Waals surface area (Å²) in [4.78, 5) is 24.9. The van der Waals surface area contributed by atoms with Gasteiger partial charge in [-0.3, -0.25) is 4.79 Å². The van der Waals surface area contributed by atoms with Gasteiger partial charge < -0.3 is 19.3 Å². The van der Waals surface area contributed by atoms with Gasteiger partial charge in [-0.15, -0.1) is 0 Å². The summed E-state index contributed by atoms with van der Waals surface area (Å²) in [7, 11) is 0. The number of esters is 2. The highest BCUT2D eigenvalue weighted by atomic mass is 16.6. The summed E-state index contributed by atoms with van der Waals surface area (Å²) in [6.07, 6.45) is 0. The van der Waals surface area contributed by atoms with Crippen LogP contribution in [-0.4, -0.2) is 17.0 Å². The Bertz CT molecular complexity index is 1260. The van der Waals surface area contributed by atoms with Gasteiger partial charge in [-0.25, -0.2) is 4.79 Å². The Hall–Kier alpha value is -3.80. The van der Waals surface area contributed by atoms with Crippen molar-refractivity contribution in [2.24, 2.45) is 0 Å². The molecule has 3 aliphatic rings. The molecule has 0 fully saturated rings. The topological polar surface area (TPSA) is 82.1 Å². The van der Waals surface area contributed by atoms with Gasteiger partial charge in [0.25, 0.3) is 0 Å². The maximum absolute atomic E-state index is 12.8. The van der Waals surface area contributed by atoms with Crippen LogP contribution in [0, 0.1) is 0 Å². The molecule has 3 aromatic carbocycles. The molecule has 142 valence electrons. The first-order chi connectivity index (χ1) is 14.0. The minimum Gasteiger partial charge on any atom is -0.508 e. The van der Waals surface area contributed by atoms with E-state index in [0.29, 0.717) is 39.5 Å². The second-order valence-electron chi connectivity index (χ2n) is 7.43. The molecule has 29 heavy (non-hydrogen) atoms. The van der Waals surface area contributed by atoms with E-state index in [9.17, 15) is 14.7 Å². The van der Waals surface area contributed by atoms with Crippen LogP contribution in [0.4, 0.5) is 0 Å². The first-order valence-electron chi connectivity index (χ1n) is 9.23. The Morgan fingerprint density at radius 3 is 2.52 bits per heavy atom. The Morgan fingerprint density at radius 1 is 0.862 bits per heavy atom. The van der Waals surface area contributed by atoms with Gasteiger partial charge in [-0.1, -0.05) is 18.2 Å². The summed E-state index contributed by atoms with van der Waals surface area (Å²) in [5.41, 5.74) is 1.89. The fraction of sp³-hybridized carbons (Fsp3) is 0.130. The first kappa shape index (κ1) is 16.2. The van der Waals surface area contributed by atoms with Gasteiger partial charge in [-0.2, -0.15) is 0 Å². The molecule has 0 saturated heterocycles. The third-order valence-electron chi connectivity index (χ3n) is 5.86. The predicted octanol–water partition coefficient (Wildman–Crippen LogP) is 3.98. The van der Waals surface area contributed by atoms with E-state index in [1.807, 2.05) is 18.2 Å². The van der Waals surface area contributed by atoms with Gasteiger partial charge in [0, 0.05) is 34.4 Å². The van der Waals surface area contributed by atoms with Crippen LogP contribution in [0.5, 0.6) is 23.0 Å². The second kappa shape index (κ2) is 5.17. The van der Waals surface area contributed by atoms with Crippen LogP contribution in [0.1, 0.15) is 45.5 Å². The van der Waals surface area contributed by atoms with E-state index in [2.05, 4.69) is 0 Å². The molecule has 1 spiro atoms. The van der Waals surface area contributed by atoms with Crippen molar-refractivity contribution >= 4 is 11.9 Å². The van der Waals surface area contributed by atoms with Crippen LogP contribution in [0.15, 0.2) is 54.6 Å². The Labute approximate surface area is 165 Å². The predicted molar refractivity (Wildman–Crippen MR) is 100 cm³/mol. The molecule has 0 amide bonds. The molecule has 2 atom stereocenters. The molecule has 3 aromatic rings. The number of phenolic OH excluding ortho intramolecular Hbond substituents is 1. The number of phenols is 1.